The van der Waals surface area contributed by atoms with Gasteiger partial charge in [-0.25, -0.2) is 0 Å². The molecule has 1 heterocycles. The number of hydrogen-bond acceptors (Lipinski definition) is 6. The first-order valence-electron chi connectivity index (χ1n) is 10.8. The van der Waals surface area contributed by atoms with Crippen LogP contribution >= 0.6 is 11.8 Å². The van der Waals surface area contributed by atoms with Crippen LogP contribution in [0.3, 0.4) is 0 Å². The van der Waals surface area contributed by atoms with Crippen LogP contribution in [0.5, 0.6) is 11.5 Å². The highest BCUT2D eigenvalue weighted by molar-refractivity contribution is 7.99. The van der Waals surface area contributed by atoms with Crippen molar-refractivity contribution in [2.45, 2.75) is 18.2 Å². The third-order valence-electron chi connectivity index (χ3n) is 5.23. The average Bonchev–Trinajstić information content (AvgIpc) is 3.32. The van der Waals surface area contributed by atoms with Gasteiger partial charge >= 0.3 is 0 Å². The van der Waals surface area contributed by atoms with Gasteiger partial charge in [0.2, 0.25) is 5.91 Å². The van der Waals surface area contributed by atoms with Gasteiger partial charge in [0.05, 0.1) is 12.9 Å². The van der Waals surface area contributed by atoms with Gasteiger partial charge in [0.25, 0.3) is 0 Å². The summed E-state index contributed by atoms with van der Waals surface area (Å²) in [6.07, 6.45) is -0.392. The second kappa shape index (κ2) is 10.9. The Balaban J connectivity index is 1.56. The van der Waals surface area contributed by atoms with Crippen molar-refractivity contribution < 1.29 is 14.3 Å². The number of aromatic nitrogens is 3. The number of benzene rings is 3. The Morgan fingerprint density at radius 1 is 0.971 bits per heavy atom. The van der Waals surface area contributed by atoms with Crippen molar-refractivity contribution in [3.05, 3.63) is 90.8 Å². The van der Waals surface area contributed by atoms with Gasteiger partial charge in [-0.15, -0.1) is 10.2 Å². The third kappa shape index (κ3) is 5.40. The molecule has 0 aliphatic carbocycles. The lowest BCUT2D eigenvalue weighted by Crippen LogP contribution is -2.28. The molecule has 0 N–H and O–H groups in total. The maximum Gasteiger partial charge on any atom is 0.237 e. The van der Waals surface area contributed by atoms with Crippen LogP contribution in [-0.2, 0) is 4.79 Å². The zero-order valence-electron chi connectivity index (χ0n) is 19.3. The minimum atomic E-state index is -0.392. The molecule has 4 aromatic rings. The van der Waals surface area contributed by atoms with Crippen molar-refractivity contribution in [2.75, 3.05) is 24.8 Å². The van der Waals surface area contributed by atoms with Crippen LogP contribution < -0.4 is 14.4 Å². The maximum absolute atomic E-state index is 12.8. The maximum atomic E-state index is 12.8. The zero-order chi connectivity index (χ0) is 23.9. The Kier molecular flexibility index (Phi) is 7.49. The highest BCUT2D eigenvalue weighted by Gasteiger charge is 2.22. The molecule has 1 unspecified atom stereocenters. The van der Waals surface area contributed by atoms with E-state index in [0.717, 1.165) is 11.4 Å². The largest absolute Gasteiger partial charge is 0.497 e. The quantitative estimate of drug-likeness (QED) is 0.312. The van der Waals surface area contributed by atoms with Crippen LogP contribution in [0.2, 0.25) is 0 Å². The predicted molar refractivity (Wildman–Crippen MR) is 134 cm³/mol. The van der Waals surface area contributed by atoms with E-state index in [9.17, 15) is 4.79 Å². The highest BCUT2D eigenvalue weighted by atomic mass is 32.2. The Morgan fingerprint density at radius 3 is 2.35 bits per heavy atom. The number of rotatable bonds is 9. The summed E-state index contributed by atoms with van der Waals surface area (Å²) >= 11 is 1.35. The number of hydrogen-bond donors (Lipinski definition) is 0. The molecule has 0 radical (unpaired) electrons. The van der Waals surface area contributed by atoms with Gasteiger partial charge in [-0.2, -0.15) is 0 Å². The van der Waals surface area contributed by atoms with E-state index < -0.39 is 6.10 Å². The Bertz CT molecular complexity index is 1230. The molecular formula is C26H26N4O3S. The summed E-state index contributed by atoms with van der Waals surface area (Å²) in [6.45, 7) is 1.92. The lowest BCUT2D eigenvalue weighted by atomic mass is 10.3. The smallest absolute Gasteiger partial charge is 0.237 e. The fourth-order valence-electron chi connectivity index (χ4n) is 3.41. The number of thioether (sulfide) groups is 1. The van der Waals surface area contributed by atoms with Crippen LogP contribution in [-0.4, -0.2) is 40.6 Å². The van der Waals surface area contributed by atoms with Crippen molar-refractivity contribution in [1.82, 2.24) is 14.8 Å². The molecule has 1 aromatic heterocycles. The molecule has 8 heteroatoms. The van der Waals surface area contributed by atoms with E-state index >= 15 is 0 Å². The topological polar surface area (TPSA) is 69.5 Å². The minimum Gasteiger partial charge on any atom is -0.497 e. The molecule has 7 nitrogen and oxygen atoms in total. The van der Waals surface area contributed by atoms with Gasteiger partial charge in [0.15, 0.2) is 17.1 Å². The number of methoxy groups -OCH3 is 1. The van der Waals surface area contributed by atoms with Crippen LogP contribution in [0, 0.1) is 0 Å². The summed E-state index contributed by atoms with van der Waals surface area (Å²) in [5, 5.41) is 9.44. The van der Waals surface area contributed by atoms with E-state index in [4.69, 9.17) is 9.47 Å². The van der Waals surface area contributed by atoms with Gasteiger partial charge in [-0.05, 0) is 43.3 Å². The molecule has 0 saturated carbocycles. The van der Waals surface area contributed by atoms with Gasteiger partial charge < -0.3 is 14.4 Å². The highest BCUT2D eigenvalue weighted by Crippen LogP contribution is 2.29. The van der Waals surface area contributed by atoms with Crippen LogP contribution in [0.1, 0.15) is 18.9 Å². The van der Waals surface area contributed by atoms with Crippen molar-refractivity contribution in [3.8, 4) is 17.2 Å². The number of carbonyl (C=O) groups excluding carboxylic acids is 1. The van der Waals surface area contributed by atoms with Crippen LogP contribution in [0.4, 0.5) is 5.69 Å². The lowest BCUT2D eigenvalue weighted by molar-refractivity contribution is -0.115. The minimum absolute atomic E-state index is 0.0268. The first-order valence-corrected chi connectivity index (χ1v) is 11.8. The SMILES string of the molecule is COc1cccc(OC(C)c2nnc(SCC(=O)N(C)c3ccccc3)n2-c2ccccc2)c1. The van der Waals surface area contributed by atoms with Gasteiger partial charge in [-0.3, -0.25) is 9.36 Å². The molecule has 174 valence electrons. The Labute approximate surface area is 203 Å². The van der Waals surface area contributed by atoms with E-state index in [1.807, 2.05) is 96.4 Å². The van der Waals surface area contributed by atoms with Crippen molar-refractivity contribution in [1.29, 1.82) is 0 Å². The predicted octanol–water partition coefficient (Wildman–Crippen LogP) is 5.17. The molecule has 0 aliphatic rings. The standard InChI is InChI=1S/C26H26N4O3S/c1-19(33-23-16-10-15-22(17-23)32-3)25-27-28-26(30(25)21-13-8-5-9-14-21)34-18-24(31)29(2)20-11-6-4-7-12-20/h4-17,19H,18H2,1-3H3. The fourth-order valence-corrected chi connectivity index (χ4v) is 4.28. The zero-order valence-corrected chi connectivity index (χ0v) is 20.1. The van der Waals surface area contributed by atoms with Crippen LogP contribution in [0.25, 0.3) is 5.69 Å². The molecule has 0 fully saturated rings. The Morgan fingerprint density at radius 2 is 1.65 bits per heavy atom. The summed E-state index contributed by atoms with van der Waals surface area (Å²) in [5.41, 5.74) is 1.74. The van der Waals surface area contributed by atoms with Gasteiger partial charge in [0.1, 0.15) is 11.5 Å². The molecule has 0 bridgehead atoms. The molecule has 3 aromatic carbocycles. The molecular weight excluding hydrogens is 448 g/mol. The summed E-state index contributed by atoms with van der Waals surface area (Å²) in [5.74, 6) is 2.22. The molecule has 34 heavy (non-hydrogen) atoms. The molecule has 1 atom stereocenters. The van der Waals surface area contributed by atoms with E-state index in [0.29, 0.717) is 22.5 Å². The number of nitrogens with zero attached hydrogens (tertiary/aromatic N) is 4. The molecule has 1 amide bonds. The molecule has 4 rings (SSSR count). The monoisotopic (exact) mass is 474 g/mol. The number of anilines is 1. The van der Waals surface area contributed by atoms with E-state index in [1.165, 1.54) is 11.8 Å². The number of carbonyl (C=O) groups is 1. The molecule has 0 aliphatic heterocycles. The Hall–Kier alpha value is -3.78. The van der Waals surface area contributed by atoms with E-state index in [-0.39, 0.29) is 11.7 Å². The fraction of sp³-hybridized carbons (Fsp3) is 0.192. The molecule has 0 saturated heterocycles. The number of amides is 1. The molecule has 0 spiro atoms. The normalized spacial score (nSPS) is 11.6. The van der Waals surface area contributed by atoms with Crippen LogP contribution in [0.15, 0.2) is 90.1 Å². The number of ether oxygens (including phenoxy) is 2. The van der Waals surface area contributed by atoms with E-state index in [2.05, 4.69) is 10.2 Å². The summed E-state index contributed by atoms with van der Waals surface area (Å²) in [4.78, 5) is 14.5. The van der Waals surface area contributed by atoms with E-state index in [1.54, 1.807) is 19.1 Å². The van der Waals surface area contributed by atoms with Gasteiger partial charge in [0, 0.05) is 24.5 Å². The third-order valence-corrected chi connectivity index (χ3v) is 6.15. The van der Waals surface area contributed by atoms with Crippen molar-refractivity contribution >= 4 is 23.4 Å². The van der Waals surface area contributed by atoms with Gasteiger partial charge in [-0.1, -0.05) is 54.2 Å². The van der Waals surface area contributed by atoms with Crippen molar-refractivity contribution in [2.24, 2.45) is 0 Å². The summed E-state index contributed by atoms with van der Waals surface area (Å²) in [7, 11) is 3.39. The first-order chi connectivity index (χ1) is 16.6. The second-order valence-corrected chi connectivity index (χ2v) is 8.47. The first kappa shape index (κ1) is 23.4. The average molecular weight is 475 g/mol. The van der Waals surface area contributed by atoms with Crippen molar-refractivity contribution in [3.63, 3.8) is 0 Å². The number of para-hydroxylation sites is 2. The summed E-state index contributed by atoms with van der Waals surface area (Å²) < 4.78 is 13.4. The lowest BCUT2D eigenvalue weighted by Gasteiger charge is -2.18. The summed E-state index contributed by atoms with van der Waals surface area (Å²) in [6, 6.07) is 26.8. The second-order valence-electron chi connectivity index (χ2n) is 7.53.